The maximum atomic E-state index is 13.0. The van der Waals surface area contributed by atoms with Crippen molar-refractivity contribution in [1.29, 1.82) is 0 Å². The van der Waals surface area contributed by atoms with Crippen LogP contribution in [-0.4, -0.2) is 142 Å². The predicted molar refractivity (Wildman–Crippen MR) is 279 cm³/mol. The monoisotopic (exact) mass is 1020 g/mol. The molecule has 2 saturated heterocycles. The molecule has 7 N–H and O–H groups in total. The number of hydrogen-bond donors (Lipinski definition) is 7. The van der Waals surface area contributed by atoms with Gasteiger partial charge in [0, 0.05) is 12.8 Å². The van der Waals surface area contributed by atoms with E-state index in [1.807, 2.05) is 0 Å². The van der Waals surface area contributed by atoms with Gasteiger partial charge in [-0.3, -0.25) is 9.59 Å². The van der Waals surface area contributed by atoms with Crippen LogP contribution in [0, 0.1) is 0 Å². The van der Waals surface area contributed by atoms with E-state index in [1.54, 1.807) is 0 Å². The first-order valence-corrected chi connectivity index (χ1v) is 26.8. The van der Waals surface area contributed by atoms with Gasteiger partial charge in [-0.05, 0) is 96.3 Å². The Balaban J connectivity index is 1.83. The molecular weight excluding hydrogens is 925 g/mol. The molecular formula is C57H92O15. The van der Waals surface area contributed by atoms with E-state index in [-0.39, 0.29) is 19.4 Å². The van der Waals surface area contributed by atoms with Crippen LogP contribution in [0.15, 0.2) is 97.2 Å². The van der Waals surface area contributed by atoms with E-state index >= 15 is 0 Å². The molecule has 0 aromatic heterocycles. The van der Waals surface area contributed by atoms with Gasteiger partial charge < -0.3 is 64.2 Å². The van der Waals surface area contributed by atoms with Crippen LogP contribution >= 0.6 is 0 Å². The van der Waals surface area contributed by atoms with Gasteiger partial charge in [0.1, 0.15) is 55.4 Å². The van der Waals surface area contributed by atoms with Crippen molar-refractivity contribution in [2.75, 3.05) is 26.4 Å². The maximum Gasteiger partial charge on any atom is 0.306 e. The van der Waals surface area contributed by atoms with Crippen molar-refractivity contribution in [2.24, 2.45) is 0 Å². The van der Waals surface area contributed by atoms with Gasteiger partial charge >= 0.3 is 11.9 Å². The van der Waals surface area contributed by atoms with Crippen molar-refractivity contribution in [3.05, 3.63) is 97.2 Å². The van der Waals surface area contributed by atoms with E-state index in [9.17, 15) is 45.3 Å². The van der Waals surface area contributed by atoms with Crippen molar-refractivity contribution >= 4 is 11.9 Å². The standard InChI is InChI=1S/C57H92O15/c1-3-5-7-9-11-13-15-17-19-21-22-24-26-28-30-32-34-36-38-40-49(60)70-45(42-67-48(59)39-37-35-33-31-29-27-25-23-20-18-16-14-12-10-8-6-4-2)43-68-56-55(66)53(64)51(62)47(72-56)44-69-57-54(65)52(63)50(61)46(41-58)71-57/h5,7,11-14,17-20,22,24-25,27-28,30,45-47,50-58,61-66H,3-4,6,8-10,15-16,21,23,26,29,31-44H2,1-2H3/b7-5+,13-11+,14-12+,19-17+,20-18+,24-22+,27-25+,30-28+/t45-,46+,47+,50-,51-,52?,53?,54?,55?,56+,57+/m1/s1. The smallest absolute Gasteiger partial charge is 0.306 e. The number of carbonyl (C=O) groups is 2. The third kappa shape index (κ3) is 30.0. The Morgan fingerprint density at radius 2 is 0.875 bits per heavy atom. The van der Waals surface area contributed by atoms with Crippen LogP contribution < -0.4 is 0 Å². The number of aliphatic hydroxyl groups excluding tert-OH is 7. The molecule has 0 aliphatic carbocycles. The fourth-order valence-electron chi connectivity index (χ4n) is 7.66. The lowest BCUT2D eigenvalue weighted by atomic mass is 9.98. The number of aliphatic hydroxyl groups is 7. The Bertz CT molecular complexity index is 1620. The minimum Gasteiger partial charge on any atom is -0.462 e. The highest BCUT2D eigenvalue weighted by Crippen LogP contribution is 2.26. The third-order valence-electron chi connectivity index (χ3n) is 12.0. The fourth-order valence-corrected chi connectivity index (χ4v) is 7.66. The number of unbranched alkanes of at least 4 members (excludes halogenated alkanes) is 10. The lowest BCUT2D eigenvalue weighted by Gasteiger charge is -2.42. The van der Waals surface area contributed by atoms with Gasteiger partial charge in [-0.1, -0.05) is 143 Å². The zero-order valence-corrected chi connectivity index (χ0v) is 43.4. The van der Waals surface area contributed by atoms with E-state index < -0.39 is 99.3 Å². The molecule has 0 bridgehead atoms. The number of ether oxygens (including phenoxy) is 6. The summed E-state index contributed by atoms with van der Waals surface area (Å²) >= 11 is 0. The first kappa shape index (κ1) is 64.5. The van der Waals surface area contributed by atoms with Gasteiger partial charge in [-0.2, -0.15) is 0 Å². The number of carbonyl (C=O) groups excluding carboxylic acids is 2. The van der Waals surface area contributed by atoms with Crippen LogP contribution in [-0.2, 0) is 38.0 Å². The molecule has 410 valence electrons. The maximum absolute atomic E-state index is 13.0. The number of esters is 2. The van der Waals surface area contributed by atoms with Gasteiger partial charge in [-0.25, -0.2) is 0 Å². The lowest BCUT2D eigenvalue weighted by molar-refractivity contribution is -0.332. The highest BCUT2D eigenvalue weighted by Gasteiger charge is 2.47. The highest BCUT2D eigenvalue weighted by atomic mass is 16.7. The van der Waals surface area contributed by atoms with Gasteiger partial charge in [0.05, 0.1) is 19.8 Å². The molecule has 2 fully saturated rings. The van der Waals surface area contributed by atoms with Gasteiger partial charge in [0.15, 0.2) is 18.7 Å². The molecule has 15 nitrogen and oxygen atoms in total. The molecule has 0 aromatic carbocycles. The zero-order valence-electron chi connectivity index (χ0n) is 43.4. The largest absolute Gasteiger partial charge is 0.462 e. The molecule has 2 heterocycles. The minimum absolute atomic E-state index is 0.115. The molecule has 11 atom stereocenters. The van der Waals surface area contributed by atoms with Crippen LogP contribution in [0.3, 0.4) is 0 Å². The molecule has 2 aliphatic heterocycles. The SMILES string of the molecule is CC/C=C/C/C=C/C/C=C/C/C=C/C/C=C/CCCCCC(=O)O[C@H](COC(=O)CCCCCC/C=C/C/C=C/C/C=C/CCCCC)CO[C@H]1O[C@@H](CO[C@H]2O[C@@H](CO)[C@@H](O)C(O)C2O)[C@@H](O)C(O)C1O. The van der Waals surface area contributed by atoms with E-state index in [1.165, 1.54) is 19.3 Å². The molecule has 72 heavy (non-hydrogen) atoms. The van der Waals surface area contributed by atoms with Crippen LogP contribution in [0.25, 0.3) is 0 Å². The lowest BCUT2D eigenvalue weighted by Crippen LogP contribution is -2.61. The average Bonchev–Trinajstić information content (AvgIpc) is 3.37. The molecule has 0 amide bonds. The molecule has 4 unspecified atom stereocenters. The summed E-state index contributed by atoms with van der Waals surface area (Å²) < 4.78 is 33.6. The number of hydrogen-bond acceptors (Lipinski definition) is 15. The Morgan fingerprint density at radius 1 is 0.458 bits per heavy atom. The number of rotatable bonds is 40. The summed E-state index contributed by atoms with van der Waals surface area (Å²) in [5.74, 6) is -0.997. The summed E-state index contributed by atoms with van der Waals surface area (Å²) in [7, 11) is 0. The topological polar surface area (TPSA) is 231 Å². The Labute approximate surface area is 430 Å². The molecule has 0 saturated carbocycles. The highest BCUT2D eigenvalue weighted by molar-refractivity contribution is 5.70. The van der Waals surface area contributed by atoms with Crippen molar-refractivity contribution in [3.8, 4) is 0 Å². The van der Waals surface area contributed by atoms with Crippen LogP contribution in [0.4, 0.5) is 0 Å². The normalized spacial score (nSPS) is 25.8. The summed E-state index contributed by atoms with van der Waals surface area (Å²) in [4.78, 5) is 25.8. The summed E-state index contributed by atoms with van der Waals surface area (Å²) in [5, 5.41) is 72.2. The van der Waals surface area contributed by atoms with Gasteiger partial charge in [0.2, 0.25) is 0 Å². The van der Waals surface area contributed by atoms with Crippen LogP contribution in [0.5, 0.6) is 0 Å². The van der Waals surface area contributed by atoms with E-state index in [4.69, 9.17) is 28.4 Å². The molecule has 0 spiro atoms. The second-order valence-corrected chi connectivity index (χ2v) is 18.3. The fraction of sp³-hybridized carbons (Fsp3) is 0.684. The predicted octanol–water partition coefficient (Wildman–Crippen LogP) is 8.15. The van der Waals surface area contributed by atoms with Crippen LogP contribution in [0.1, 0.15) is 155 Å². The summed E-state index contributed by atoms with van der Waals surface area (Å²) in [6, 6.07) is 0. The summed E-state index contributed by atoms with van der Waals surface area (Å²) in [5.41, 5.74) is 0. The van der Waals surface area contributed by atoms with E-state index in [0.717, 1.165) is 96.3 Å². The molecule has 0 radical (unpaired) electrons. The van der Waals surface area contributed by atoms with Gasteiger partial charge in [0.25, 0.3) is 0 Å². The van der Waals surface area contributed by atoms with Crippen molar-refractivity contribution in [3.63, 3.8) is 0 Å². The van der Waals surface area contributed by atoms with Crippen LogP contribution in [0.2, 0.25) is 0 Å². The van der Waals surface area contributed by atoms with E-state index in [0.29, 0.717) is 12.8 Å². The van der Waals surface area contributed by atoms with Crippen molar-refractivity contribution in [1.82, 2.24) is 0 Å². The third-order valence-corrected chi connectivity index (χ3v) is 12.0. The first-order chi connectivity index (χ1) is 35.0. The Hall–Kier alpha value is -3.58. The quantitative estimate of drug-likeness (QED) is 0.0174. The first-order valence-electron chi connectivity index (χ1n) is 26.8. The van der Waals surface area contributed by atoms with Gasteiger partial charge in [-0.15, -0.1) is 0 Å². The molecule has 2 aliphatic rings. The zero-order chi connectivity index (χ0) is 52.4. The Morgan fingerprint density at radius 3 is 1.38 bits per heavy atom. The molecule has 2 rings (SSSR count). The number of allylic oxidation sites excluding steroid dienone is 16. The minimum atomic E-state index is -1.78. The second-order valence-electron chi connectivity index (χ2n) is 18.3. The Kier molecular flexibility index (Phi) is 38.3. The summed E-state index contributed by atoms with van der Waals surface area (Å²) in [6.45, 7) is 2.37. The molecule has 15 heteroatoms. The molecule has 0 aromatic rings. The average molecular weight is 1020 g/mol. The summed E-state index contributed by atoms with van der Waals surface area (Å²) in [6.07, 6.45) is 37.1. The van der Waals surface area contributed by atoms with E-state index in [2.05, 4.69) is 111 Å². The van der Waals surface area contributed by atoms with Crippen molar-refractivity contribution < 1.29 is 73.8 Å². The van der Waals surface area contributed by atoms with Crippen molar-refractivity contribution in [2.45, 2.75) is 223 Å². The second kappa shape index (κ2) is 42.7.